The molecule has 0 aliphatic carbocycles. The van der Waals surface area contributed by atoms with E-state index in [2.05, 4.69) is 15.4 Å². The normalized spacial score (nSPS) is 13.2. The molecule has 1 N–H and O–H groups in total. The highest BCUT2D eigenvalue weighted by atomic mass is 35.5. The second-order valence-electron chi connectivity index (χ2n) is 11.6. The standard InChI is InChI=1S/C34H38ClF2N7O4/c1-5-6-7-29(45)42-12-14-43(15-13-42)34(47)24-9-8-22(18-27(24)35)40-33(46)32-38-20-28(41(32)3)25-11-10-23(30(36)31(25)37)26-19-39-44(21(26)2)16-17-48-4/h8-11,18-20H,5-7,12-17H2,1-4H3,(H,40,46). The molecule has 1 saturated heterocycles. The Labute approximate surface area is 282 Å². The van der Waals surface area contributed by atoms with Crippen LogP contribution in [0.15, 0.2) is 42.7 Å². The number of hydrogen-bond donors (Lipinski definition) is 1. The van der Waals surface area contributed by atoms with Crippen LogP contribution in [-0.4, -0.2) is 86.7 Å². The van der Waals surface area contributed by atoms with E-state index in [4.69, 9.17) is 16.3 Å². The molecule has 0 saturated carbocycles. The highest BCUT2D eigenvalue weighted by Gasteiger charge is 2.27. The van der Waals surface area contributed by atoms with Gasteiger partial charge in [-0.1, -0.05) is 31.0 Å². The van der Waals surface area contributed by atoms with Crippen molar-refractivity contribution in [2.45, 2.75) is 39.7 Å². The maximum Gasteiger partial charge on any atom is 0.291 e. The third kappa shape index (κ3) is 7.12. The predicted molar refractivity (Wildman–Crippen MR) is 178 cm³/mol. The van der Waals surface area contributed by atoms with Crippen molar-refractivity contribution in [1.29, 1.82) is 0 Å². The van der Waals surface area contributed by atoms with E-state index in [1.807, 2.05) is 6.92 Å². The number of hydrogen-bond acceptors (Lipinski definition) is 6. The number of methoxy groups -OCH3 is 1. The quantitative estimate of drug-likeness (QED) is 0.222. The van der Waals surface area contributed by atoms with Crippen LogP contribution in [0.1, 0.15) is 52.9 Å². The van der Waals surface area contributed by atoms with Crippen molar-refractivity contribution >= 4 is 35.0 Å². The molecule has 0 bridgehead atoms. The van der Waals surface area contributed by atoms with Gasteiger partial charge in [-0.25, -0.2) is 13.8 Å². The largest absolute Gasteiger partial charge is 0.383 e. The van der Waals surface area contributed by atoms with Gasteiger partial charge in [-0.15, -0.1) is 0 Å². The summed E-state index contributed by atoms with van der Waals surface area (Å²) in [5.41, 5.74) is 1.93. The van der Waals surface area contributed by atoms with Gasteiger partial charge in [-0.3, -0.25) is 19.1 Å². The number of imidazole rings is 1. The van der Waals surface area contributed by atoms with Gasteiger partial charge >= 0.3 is 0 Å². The zero-order valence-corrected chi connectivity index (χ0v) is 28.1. The van der Waals surface area contributed by atoms with E-state index in [0.717, 1.165) is 12.8 Å². The molecule has 254 valence electrons. The highest BCUT2D eigenvalue weighted by molar-refractivity contribution is 6.34. The first-order chi connectivity index (χ1) is 23.0. The molecule has 0 spiro atoms. The lowest BCUT2D eigenvalue weighted by molar-refractivity contribution is -0.132. The number of benzene rings is 2. The Bertz CT molecular complexity index is 1830. The minimum atomic E-state index is -1.08. The molecule has 1 aliphatic heterocycles. The molecule has 2 aromatic heterocycles. The number of anilines is 1. The summed E-state index contributed by atoms with van der Waals surface area (Å²) in [6.07, 6.45) is 5.09. The number of carbonyl (C=O) groups is 3. The molecule has 14 heteroatoms. The number of nitrogens with zero attached hydrogens (tertiary/aromatic N) is 6. The summed E-state index contributed by atoms with van der Waals surface area (Å²) in [5.74, 6) is -2.94. The summed E-state index contributed by atoms with van der Waals surface area (Å²) >= 11 is 6.48. The van der Waals surface area contributed by atoms with Gasteiger partial charge in [0, 0.05) is 74.8 Å². The summed E-state index contributed by atoms with van der Waals surface area (Å²) in [6.45, 7) is 6.44. The summed E-state index contributed by atoms with van der Waals surface area (Å²) < 4.78 is 39.0. The smallest absolute Gasteiger partial charge is 0.291 e. The van der Waals surface area contributed by atoms with Gasteiger partial charge < -0.3 is 24.4 Å². The maximum absolute atomic E-state index is 15.5. The molecule has 2 aromatic carbocycles. The molecule has 0 atom stereocenters. The van der Waals surface area contributed by atoms with E-state index in [9.17, 15) is 14.4 Å². The van der Waals surface area contributed by atoms with Crippen LogP contribution >= 0.6 is 11.6 Å². The van der Waals surface area contributed by atoms with Crippen LogP contribution in [0.3, 0.4) is 0 Å². The lowest BCUT2D eigenvalue weighted by Gasteiger charge is -2.35. The molecular weight excluding hydrogens is 644 g/mol. The Kier molecular flexibility index (Phi) is 10.9. The van der Waals surface area contributed by atoms with Crippen LogP contribution in [-0.2, 0) is 23.1 Å². The van der Waals surface area contributed by atoms with Gasteiger partial charge in [0.1, 0.15) is 0 Å². The topological polar surface area (TPSA) is 115 Å². The third-order valence-electron chi connectivity index (χ3n) is 8.57. The molecule has 3 heterocycles. The van der Waals surface area contributed by atoms with Crippen LogP contribution in [0.5, 0.6) is 0 Å². The van der Waals surface area contributed by atoms with Gasteiger partial charge in [0.25, 0.3) is 11.8 Å². The van der Waals surface area contributed by atoms with Crippen molar-refractivity contribution in [3.8, 4) is 22.4 Å². The van der Waals surface area contributed by atoms with Crippen LogP contribution in [0.2, 0.25) is 5.02 Å². The number of piperazine rings is 1. The van der Waals surface area contributed by atoms with Crippen molar-refractivity contribution in [2.24, 2.45) is 7.05 Å². The number of amides is 3. The van der Waals surface area contributed by atoms with Crippen LogP contribution in [0, 0.1) is 18.6 Å². The number of carbonyl (C=O) groups excluding carboxylic acids is 3. The minimum Gasteiger partial charge on any atom is -0.383 e. The first-order valence-electron chi connectivity index (χ1n) is 15.7. The van der Waals surface area contributed by atoms with Crippen molar-refractivity contribution in [1.82, 2.24) is 29.1 Å². The highest BCUT2D eigenvalue weighted by Crippen LogP contribution is 2.33. The van der Waals surface area contributed by atoms with E-state index < -0.39 is 17.5 Å². The zero-order valence-electron chi connectivity index (χ0n) is 27.4. The number of rotatable bonds is 11. The van der Waals surface area contributed by atoms with Crippen molar-refractivity contribution in [3.63, 3.8) is 0 Å². The van der Waals surface area contributed by atoms with Crippen molar-refractivity contribution in [2.75, 3.05) is 45.2 Å². The lowest BCUT2D eigenvalue weighted by atomic mass is 10.0. The molecule has 0 radical (unpaired) electrons. The predicted octanol–water partition coefficient (Wildman–Crippen LogP) is 5.56. The average Bonchev–Trinajstić information content (AvgIpc) is 3.65. The summed E-state index contributed by atoms with van der Waals surface area (Å²) in [5, 5.41) is 7.11. The Morgan fingerprint density at radius 3 is 2.35 bits per heavy atom. The SMILES string of the molecule is CCCCC(=O)N1CCN(C(=O)c2ccc(NC(=O)c3ncc(-c4ccc(-c5cnn(CCOC)c5C)c(F)c4F)n3C)cc2Cl)CC1. The molecule has 5 rings (SSSR count). The minimum absolute atomic E-state index is 0.0493. The van der Waals surface area contributed by atoms with Gasteiger partial charge in [0.15, 0.2) is 17.5 Å². The molecule has 1 fully saturated rings. The van der Waals surface area contributed by atoms with Gasteiger partial charge in [-0.2, -0.15) is 5.10 Å². The van der Waals surface area contributed by atoms with Crippen LogP contribution < -0.4 is 5.32 Å². The zero-order chi connectivity index (χ0) is 34.5. The van der Waals surface area contributed by atoms with Crippen molar-refractivity contribution in [3.05, 3.63) is 76.5 Å². The van der Waals surface area contributed by atoms with Crippen LogP contribution in [0.4, 0.5) is 14.5 Å². The monoisotopic (exact) mass is 681 g/mol. The Balaban J connectivity index is 1.26. The number of halogens is 3. The fourth-order valence-corrected chi connectivity index (χ4v) is 5.97. The first kappa shape index (κ1) is 34.7. The van der Waals surface area contributed by atoms with Gasteiger partial charge in [0.05, 0.1) is 41.8 Å². The molecule has 0 unspecified atom stereocenters. The maximum atomic E-state index is 15.5. The first-order valence-corrected chi connectivity index (χ1v) is 16.1. The van der Waals surface area contributed by atoms with Gasteiger partial charge in [-0.05, 0) is 37.6 Å². The number of unbranched alkanes of at least 4 members (excludes halogenated alkanes) is 1. The summed E-state index contributed by atoms with van der Waals surface area (Å²) in [6, 6.07) is 7.47. The number of ether oxygens (including phenoxy) is 1. The van der Waals surface area contributed by atoms with Crippen LogP contribution in [0.25, 0.3) is 22.4 Å². The molecule has 11 nitrogen and oxygen atoms in total. The molecule has 4 aromatic rings. The average molecular weight is 682 g/mol. The summed E-state index contributed by atoms with van der Waals surface area (Å²) in [4.78, 5) is 46.3. The molecule has 1 aliphatic rings. The number of nitrogens with one attached hydrogen (secondary N) is 1. The fraction of sp³-hybridized carbons (Fsp3) is 0.382. The molecular formula is C34H38ClF2N7O4. The van der Waals surface area contributed by atoms with Crippen molar-refractivity contribution < 1.29 is 27.9 Å². The van der Waals surface area contributed by atoms with E-state index in [0.29, 0.717) is 62.7 Å². The third-order valence-corrected chi connectivity index (χ3v) is 8.88. The molecule has 3 amide bonds. The molecule has 48 heavy (non-hydrogen) atoms. The van der Waals surface area contributed by atoms with E-state index in [1.54, 1.807) is 34.6 Å². The van der Waals surface area contributed by atoms with Gasteiger partial charge in [0.2, 0.25) is 5.91 Å². The Morgan fingerprint density at radius 1 is 0.979 bits per heavy atom. The second-order valence-corrected chi connectivity index (χ2v) is 12.0. The van der Waals surface area contributed by atoms with E-state index in [1.165, 1.54) is 48.3 Å². The van der Waals surface area contributed by atoms with E-state index in [-0.39, 0.29) is 45.0 Å². The number of aromatic nitrogens is 4. The lowest BCUT2D eigenvalue weighted by Crippen LogP contribution is -2.50. The Hall–Kier alpha value is -4.62. The fourth-order valence-electron chi connectivity index (χ4n) is 5.71. The van der Waals surface area contributed by atoms with E-state index >= 15 is 8.78 Å². The Morgan fingerprint density at radius 2 is 1.67 bits per heavy atom. The second kappa shape index (κ2) is 15.1. The summed E-state index contributed by atoms with van der Waals surface area (Å²) in [7, 11) is 3.10.